The number of azo groups is 1. The number of unbranched alkanes of at least 4 members (excludes halogenated alkanes) is 1. The summed E-state index contributed by atoms with van der Waals surface area (Å²) in [6.07, 6.45) is 5.15. The van der Waals surface area contributed by atoms with Gasteiger partial charge in [0.1, 0.15) is 11.3 Å². The molecule has 0 fully saturated rings. The minimum atomic E-state index is 0.153. The van der Waals surface area contributed by atoms with Crippen LogP contribution in [-0.2, 0) is 6.42 Å². The Morgan fingerprint density at radius 1 is 1.00 bits per heavy atom. The maximum Gasteiger partial charge on any atom is 0.141 e. The number of fused-ring (bicyclic) bond motifs is 1. The van der Waals surface area contributed by atoms with Crippen LogP contribution in [0, 0.1) is 0 Å². The van der Waals surface area contributed by atoms with E-state index in [1.54, 1.807) is 18.3 Å². The molecule has 1 N–H and O–H groups in total. The molecule has 0 aliphatic carbocycles. The van der Waals surface area contributed by atoms with Gasteiger partial charge in [0, 0.05) is 11.6 Å². The van der Waals surface area contributed by atoms with Crippen LogP contribution in [0.4, 0.5) is 11.4 Å². The molecule has 1 aromatic heterocycles. The molecule has 0 spiro atoms. The summed E-state index contributed by atoms with van der Waals surface area (Å²) in [6.45, 7) is 2.19. The van der Waals surface area contributed by atoms with E-state index >= 15 is 0 Å². The van der Waals surface area contributed by atoms with Crippen LogP contribution in [0.2, 0.25) is 0 Å². The van der Waals surface area contributed by atoms with Gasteiger partial charge in [-0.05, 0) is 54.8 Å². The molecule has 4 heteroatoms. The maximum atomic E-state index is 9.85. The first-order valence-electron chi connectivity index (χ1n) is 7.85. The molecule has 2 aromatic carbocycles. The molecule has 0 unspecified atom stereocenters. The van der Waals surface area contributed by atoms with E-state index in [9.17, 15) is 5.11 Å². The second-order valence-corrected chi connectivity index (χ2v) is 5.47. The molecule has 0 amide bonds. The first-order valence-corrected chi connectivity index (χ1v) is 7.85. The van der Waals surface area contributed by atoms with Gasteiger partial charge in [-0.25, -0.2) is 0 Å². The molecule has 0 radical (unpaired) electrons. The Balaban J connectivity index is 1.84. The van der Waals surface area contributed by atoms with E-state index in [4.69, 9.17) is 0 Å². The van der Waals surface area contributed by atoms with E-state index in [-0.39, 0.29) is 5.75 Å². The summed E-state index contributed by atoms with van der Waals surface area (Å²) < 4.78 is 0. The van der Waals surface area contributed by atoms with Crippen LogP contribution in [0.3, 0.4) is 0 Å². The van der Waals surface area contributed by atoms with Crippen LogP contribution < -0.4 is 0 Å². The fourth-order valence-electron chi connectivity index (χ4n) is 2.45. The van der Waals surface area contributed by atoms with Gasteiger partial charge in [0.05, 0.1) is 11.4 Å². The van der Waals surface area contributed by atoms with E-state index < -0.39 is 0 Å². The molecule has 116 valence electrons. The highest BCUT2D eigenvalue weighted by atomic mass is 16.3. The molecular weight excluding hydrogens is 286 g/mol. The van der Waals surface area contributed by atoms with E-state index in [0.717, 1.165) is 17.5 Å². The number of nitrogens with zero attached hydrogens (tertiary/aromatic N) is 3. The number of hydrogen-bond donors (Lipinski definition) is 1. The Morgan fingerprint density at radius 3 is 2.61 bits per heavy atom. The largest absolute Gasteiger partial charge is 0.506 e. The van der Waals surface area contributed by atoms with Crippen molar-refractivity contribution in [3.63, 3.8) is 0 Å². The summed E-state index contributed by atoms with van der Waals surface area (Å²) in [5, 5.41) is 19.2. The highest BCUT2D eigenvalue weighted by molar-refractivity contribution is 5.93. The standard InChI is InChI=1S/C19H19N3O/c1-2-3-5-14-7-9-15(10-8-14)21-22-17-11-12-18(23)19-16(17)6-4-13-20-19/h4,6-13,23H,2-3,5H2,1H3. The van der Waals surface area contributed by atoms with Crippen LogP contribution >= 0.6 is 0 Å². The molecule has 3 rings (SSSR count). The van der Waals surface area contributed by atoms with E-state index in [1.807, 2.05) is 24.3 Å². The number of aromatic nitrogens is 1. The minimum absolute atomic E-state index is 0.153. The minimum Gasteiger partial charge on any atom is -0.506 e. The number of hydrogen-bond acceptors (Lipinski definition) is 4. The van der Waals surface area contributed by atoms with Crippen LogP contribution in [0.5, 0.6) is 5.75 Å². The smallest absolute Gasteiger partial charge is 0.141 e. The van der Waals surface area contributed by atoms with Gasteiger partial charge < -0.3 is 5.11 Å². The third-order valence-electron chi connectivity index (χ3n) is 3.75. The van der Waals surface area contributed by atoms with Gasteiger partial charge in [-0.15, -0.1) is 5.11 Å². The predicted molar refractivity (Wildman–Crippen MR) is 92.6 cm³/mol. The van der Waals surface area contributed by atoms with Crippen LogP contribution in [0.15, 0.2) is 65.0 Å². The third kappa shape index (κ3) is 3.54. The molecule has 4 nitrogen and oxygen atoms in total. The highest BCUT2D eigenvalue weighted by Crippen LogP contribution is 2.31. The second kappa shape index (κ2) is 7.01. The van der Waals surface area contributed by atoms with Crippen molar-refractivity contribution in [3.8, 4) is 5.75 Å². The maximum absolute atomic E-state index is 9.85. The highest BCUT2D eigenvalue weighted by Gasteiger charge is 2.05. The number of phenols is 1. The average Bonchev–Trinajstić information content (AvgIpc) is 2.60. The zero-order valence-corrected chi connectivity index (χ0v) is 13.1. The van der Waals surface area contributed by atoms with Crippen molar-refractivity contribution >= 4 is 22.3 Å². The molecule has 0 aliphatic heterocycles. The summed E-state index contributed by atoms with van der Waals surface area (Å²) in [7, 11) is 0. The van der Waals surface area contributed by atoms with Gasteiger partial charge in [-0.2, -0.15) is 5.11 Å². The van der Waals surface area contributed by atoms with Crippen molar-refractivity contribution in [1.29, 1.82) is 0 Å². The summed E-state index contributed by atoms with van der Waals surface area (Å²) >= 11 is 0. The summed E-state index contributed by atoms with van der Waals surface area (Å²) in [5.74, 6) is 0.153. The van der Waals surface area contributed by atoms with Gasteiger partial charge in [-0.3, -0.25) is 4.98 Å². The second-order valence-electron chi connectivity index (χ2n) is 5.47. The van der Waals surface area contributed by atoms with E-state index in [1.165, 1.54) is 18.4 Å². The Morgan fingerprint density at radius 2 is 1.83 bits per heavy atom. The SMILES string of the molecule is CCCCc1ccc(N=Nc2ccc(O)c3ncccc23)cc1. The number of phenolic OH excluding ortho intramolecular Hbond substituents is 1. The third-order valence-corrected chi connectivity index (χ3v) is 3.75. The number of aryl methyl sites for hydroxylation is 1. The van der Waals surface area contributed by atoms with Gasteiger partial charge in [0.25, 0.3) is 0 Å². The predicted octanol–water partition coefficient (Wildman–Crippen LogP) is 5.70. The van der Waals surface area contributed by atoms with Crippen LogP contribution in [-0.4, -0.2) is 10.1 Å². The van der Waals surface area contributed by atoms with Crippen LogP contribution in [0.25, 0.3) is 10.9 Å². The number of rotatable bonds is 5. The van der Waals surface area contributed by atoms with E-state index in [2.05, 4.69) is 34.3 Å². The molecule has 0 aliphatic rings. The molecule has 0 atom stereocenters. The molecule has 0 saturated heterocycles. The Bertz CT molecular complexity index is 826. The quantitative estimate of drug-likeness (QED) is 0.615. The summed E-state index contributed by atoms with van der Waals surface area (Å²) in [6, 6.07) is 15.2. The van der Waals surface area contributed by atoms with Gasteiger partial charge in [0.15, 0.2) is 0 Å². The molecule has 0 bridgehead atoms. The summed E-state index contributed by atoms with van der Waals surface area (Å²) in [5.41, 5.74) is 3.38. The first-order chi connectivity index (χ1) is 11.3. The molecule has 23 heavy (non-hydrogen) atoms. The lowest BCUT2D eigenvalue weighted by atomic mass is 10.1. The summed E-state index contributed by atoms with van der Waals surface area (Å²) in [4.78, 5) is 4.18. The lowest BCUT2D eigenvalue weighted by molar-refractivity contribution is 0.480. The van der Waals surface area contributed by atoms with Crippen LogP contribution in [0.1, 0.15) is 25.3 Å². The monoisotopic (exact) mass is 305 g/mol. The zero-order chi connectivity index (χ0) is 16.1. The van der Waals surface area contributed by atoms with Crippen molar-refractivity contribution in [1.82, 2.24) is 4.98 Å². The molecule has 1 heterocycles. The van der Waals surface area contributed by atoms with Gasteiger partial charge >= 0.3 is 0 Å². The Labute approximate surface area is 135 Å². The van der Waals surface area contributed by atoms with Crippen molar-refractivity contribution in [3.05, 3.63) is 60.3 Å². The fraction of sp³-hybridized carbons (Fsp3) is 0.211. The van der Waals surface area contributed by atoms with Crippen molar-refractivity contribution in [2.75, 3.05) is 0 Å². The topological polar surface area (TPSA) is 57.8 Å². The van der Waals surface area contributed by atoms with Crippen molar-refractivity contribution in [2.24, 2.45) is 10.2 Å². The van der Waals surface area contributed by atoms with Gasteiger partial charge in [0.2, 0.25) is 0 Å². The van der Waals surface area contributed by atoms with Gasteiger partial charge in [-0.1, -0.05) is 25.5 Å². The normalized spacial score (nSPS) is 11.3. The number of benzene rings is 2. The Hall–Kier alpha value is -2.75. The molecule has 3 aromatic rings. The molecular formula is C19H19N3O. The lowest BCUT2D eigenvalue weighted by Gasteiger charge is -2.02. The Kier molecular flexibility index (Phi) is 4.62. The number of aromatic hydroxyl groups is 1. The van der Waals surface area contributed by atoms with Crippen molar-refractivity contribution < 1.29 is 5.11 Å². The average molecular weight is 305 g/mol. The van der Waals surface area contributed by atoms with E-state index in [0.29, 0.717) is 11.2 Å². The lowest BCUT2D eigenvalue weighted by Crippen LogP contribution is -1.82. The fourth-order valence-corrected chi connectivity index (χ4v) is 2.45. The van der Waals surface area contributed by atoms with Crippen molar-refractivity contribution in [2.45, 2.75) is 26.2 Å². The first kappa shape index (κ1) is 15.2. The number of pyridine rings is 1. The zero-order valence-electron chi connectivity index (χ0n) is 13.1. The molecule has 0 saturated carbocycles.